The molecule has 0 aliphatic carbocycles. The molecule has 4 saturated heterocycles. The Kier molecular flexibility index (Phi) is 19.8. The number of carbonyl (C=O) groups is 9. The Hall–Kier alpha value is -7.71. The topological polar surface area (TPSA) is 303 Å². The number of rotatable bonds is 23. The van der Waals surface area contributed by atoms with Gasteiger partial charge in [-0.1, -0.05) is 47.5 Å². The molecule has 1 N–H and O–H groups in total. The quantitative estimate of drug-likeness (QED) is 0.0330. The fourth-order valence-corrected chi connectivity index (χ4v) is 11.3. The molecule has 4 aromatic carbocycles. The van der Waals surface area contributed by atoms with Gasteiger partial charge in [-0.3, -0.25) is 43.2 Å². The number of hydrogen-bond donors (Lipinski definition) is 1. The minimum atomic E-state index is -2.96. The summed E-state index contributed by atoms with van der Waals surface area (Å²) in [6, 6.07) is 21.8. The summed E-state index contributed by atoms with van der Waals surface area (Å²) in [6.45, 7) is 9.35. The second-order valence-corrected chi connectivity index (χ2v) is 21.2. The molecule has 4 heterocycles. The first kappa shape index (κ1) is 64.3. The highest BCUT2D eigenvalue weighted by Gasteiger charge is 2.68. The second-order valence-electron chi connectivity index (χ2n) is 20.4. The molecule has 8 rings (SSSR count). The molecule has 4 bridgehead atoms. The van der Waals surface area contributed by atoms with Gasteiger partial charge in [0.15, 0.2) is 17.4 Å². The molecule has 4 fully saturated rings. The summed E-state index contributed by atoms with van der Waals surface area (Å²) in [7, 11) is 0. The van der Waals surface area contributed by atoms with E-state index in [2.05, 4.69) is 0 Å². The third kappa shape index (κ3) is 14.1. The molecule has 4 aromatic rings. The lowest BCUT2D eigenvalue weighted by atomic mass is 9.82. The van der Waals surface area contributed by atoms with Crippen molar-refractivity contribution in [1.29, 1.82) is 0 Å². The summed E-state index contributed by atoms with van der Waals surface area (Å²) in [5, 5.41) is 11.8. The number of benzene rings is 4. The van der Waals surface area contributed by atoms with E-state index in [-0.39, 0.29) is 51.1 Å². The van der Waals surface area contributed by atoms with Gasteiger partial charge in [0.25, 0.3) is 0 Å². The third-order valence-corrected chi connectivity index (χ3v) is 14.8. The van der Waals surface area contributed by atoms with Gasteiger partial charge in [-0.05, 0) is 80.1 Å². The summed E-state index contributed by atoms with van der Waals surface area (Å²) in [4.78, 5) is 120. The van der Waals surface area contributed by atoms with Crippen molar-refractivity contribution in [3.63, 3.8) is 0 Å². The Balaban J connectivity index is 1.08. The fraction of sp³-hybridized carbons (Fsp3) is 0.450. The second kappa shape index (κ2) is 26.5. The molecule has 86 heavy (non-hydrogen) atoms. The molecule has 24 nitrogen and oxygen atoms in total. The van der Waals surface area contributed by atoms with Crippen molar-refractivity contribution in [2.24, 2.45) is 11.8 Å². The van der Waals surface area contributed by atoms with E-state index in [4.69, 9.17) is 89.5 Å². The maximum absolute atomic E-state index is 14.2. The minimum absolute atomic E-state index is 0.00938. The highest BCUT2D eigenvalue weighted by atomic mass is 35.5. The van der Waals surface area contributed by atoms with Crippen LogP contribution in [-0.4, -0.2) is 121 Å². The monoisotopic (exact) mass is 1240 g/mol. The zero-order valence-electron chi connectivity index (χ0n) is 47.9. The van der Waals surface area contributed by atoms with Crippen molar-refractivity contribution in [3.05, 3.63) is 128 Å². The molecule has 0 aromatic heterocycles. The molecule has 26 heteroatoms. The molecule has 4 aliphatic heterocycles. The molecular weight excluding hydrogens is 1180 g/mol. The molecule has 9 atom stereocenters. The average Bonchev–Trinajstić information content (AvgIpc) is 1.53. The van der Waals surface area contributed by atoms with E-state index in [0.717, 1.165) is 41.5 Å². The van der Waals surface area contributed by atoms with Crippen LogP contribution >= 0.6 is 23.2 Å². The van der Waals surface area contributed by atoms with E-state index in [0.29, 0.717) is 30.3 Å². The molecule has 9 unspecified atom stereocenters. The number of ketones is 1. The van der Waals surface area contributed by atoms with E-state index in [1.54, 1.807) is 48.5 Å². The zero-order valence-corrected chi connectivity index (χ0v) is 49.4. The van der Waals surface area contributed by atoms with Crippen molar-refractivity contribution in [2.45, 2.75) is 135 Å². The molecule has 4 aliphatic rings. The number of ether oxygens (including phenoxy) is 14. The summed E-state index contributed by atoms with van der Waals surface area (Å²) >= 11 is 13.3. The Labute approximate surface area is 502 Å². The first-order valence-electron chi connectivity index (χ1n) is 27.2. The molecule has 0 radical (unpaired) electrons. The Bertz CT molecular complexity index is 3180. The van der Waals surface area contributed by atoms with Crippen LogP contribution in [0.15, 0.2) is 84.9 Å². The van der Waals surface area contributed by atoms with Gasteiger partial charge in [0.2, 0.25) is 0 Å². The summed E-state index contributed by atoms with van der Waals surface area (Å²) in [6.07, 6.45) is -9.97. The van der Waals surface area contributed by atoms with E-state index in [1.165, 1.54) is 36.4 Å². The van der Waals surface area contributed by atoms with Crippen molar-refractivity contribution >= 4 is 76.7 Å². The van der Waals surface area contributed by atoms with Crippen molar-refractivity contribution in [1.82, 2.24) is 0 Å². The molecule has 0 amide bonds. The SMILES string of the molecule is CCOc1ccc(C(=O)c2cc(C34CC(C(OC(C)=O)(OC(C)=O)OC(C)=O)C(OC(=O)CCC(=O)OC5C6COC(c7ccc(Cl)c(C(O)c8ccc(OCC)cc8)c7)(CC5C(OC(C)=O)(OC(C)=O)OC(C)=O)O6)C(CO3)O4)ccc2Cl)cc1. The van der Waals surface area contributed by atoms with Gasteiger partial charge in [-0.2, -0.15) is 0 Å². The van der Waals surface area contributed by atoms with E-state index >= 15 is 0 Å². The van der Waals surface area contributed by atoms with Gasteiger partial charge >= 0.3 is 59.7 Å². The number of esters is 8. The molecule has 0 saturated carbocycles. The Morgan fingerprint density at radius 3 is 1.33 bits per heavy atom. The van der Waals surface area contributed by atoms with E-state index in [9.17, 15) is 48.3 Å². The highest BCUT2D eigenvalue weighted by molar-refractivity contribution is 6.35. The maximum Gasteiger partial charge on any atom is 0.430 e. The number of halogens is 2. The van der Waals surface area contributed by atoms with Crippen LogP contribution in [0, 0.1) is 11.8 Å². The van der Waals surface area contributed by atoms with Crippen LogP contribution in [-0.2, 0) is 107 Å². The standard InChI is InChI=1S/C60H62Cl2O24/c1-9-73-41-17-11-37(12-18-41)53(71)43-25-39(15-21-47(43)61)57-27-45(59(79-31(3)63,80-32(4)64)81-33(5)65)55(49(85-57)29-75-57)77-51(69)23-24-52(70)78-56-46(60(82-34(6)66,83-35(7)67)84-36(8)68)28-58(76-30-50(56)86-58)40-16-22-48(62)44(26-40)54(72)38-13-19-42(20-14-38)74-10-2/h11-22,25-26,45-46,49-50,53,55-56,71H,9-10,23-24,27-30H2,1-8H3. The largest absolute Gasteiger partial charge is 0.494 e. The van der Waals surface area contributed by atoms with E-state index < -0.39 is 145 Å². The predicted molar refractivity (Wildman–Crippen MR) is 292 cm³/mol. The van der Waals surface area contributed by atoms with Crippen molar-refractivity contribution in [3.8, 4) is 11.5 Å². The first-order chi connectivity index (χ1) is 40.7. The number of carbonyl (C=O) groups excluding carboxylic acids is 9. The average molecular weight is 1240 g/mol. The van der Waals surface area contributed by atoms with Crippen molar-refractivity contribution < 1.29 is 115 Å². The van der Waals surface area contributed by atoms with Gasteiger partial charge in [0, 0.05) is 87.2 Å². The van der Waals surface area contributed by atoms with Crippen LogP contribution in [0.3, 0.4) is 0 Å². The first-order valence-corrected chi connectivity index (χ1v) is 28.0. The summed E-state index contributed by atoms with van der Waals surface area (Å²) in [5.41, 5.74) is 1.29. The van der Waals surface area contributed by atoms with Crippen LogP contribution < -0.4 is 9.47 Å². The van der Waals surface area contributed by atoms with Gasteiger partial charge in [-0.15, -0.1) is 0 Å². The lowest BCUT2D eigenvalue weighted by Crippen LogP contribution is -2.61. The highest BCUT2D eigenvalue weighted by Crippen LogP contribution is 2.54. The Morgan fingerprint density at radius 2 is 0.930 bits per heavy atom. The van der Waals surface area contributed by atoms with Crippen LogP contribution in [0.1, 0.15) is 125 Å². The van der Waals surface area contributed by atoms with E-state index in [1.807, 2.05) is 13.8 Å². The van der Waals surface area contributed by atoms with Crippen LogP contribution in [0.25, 0.3) is 0 Å². The van der Waals surface area contributed by atoms with Crippen molar-refractivity contribution in [2.75, 3.05) is 26.4 Å². The van der Waals surface area contributed by atoms with Crippen LogP contribution in [0.2, 0.25) is 10.0 Å². The lowest BCUT2D eigenvalue weighted by molar-refractivity contribution is -0.384. The number of aliphatic hydroxyl groups is 1. The van der Waals surface area contributed by atoms with Gasteiger partial charge < -0.3 is 71.4 Å². The molecule has 460 valence electrons. The normalized spacial score (nSPS) is 23.3. The van der Waals surface area contributed by atoms with Gasteiger partial charge in [-0.25, -0.2) is 0 Å². The number of hydrogen-bond acceptors (Lipinski definition) is 24. The van der Waals surface area contributed by atoms with Gasteiger partial charge in [0.05, 0.1) is 44.3 Å². The predicted octanol–water partition coefficient (Wildman–Crippen LogP) is 7.27. The van der Waals surface area contributed by atoms with Crippen LogP contribution in [0.4, 0.5) is 0 Å². The van der Waals surface area contributed by atoms with Crippen LogP contribution in [0.5, 0.6) is 11.5 Å². The smallest absolute Gasteiger partial charge is 0.430 e. The molecular formula is C60H62Cl2O24. The fourth-order valence-electron chi connectivity index (χ4n) is 10.9. The number of fused-ring (bicyclic) bond motifs is 4. The van der Waals surface area contributed by atoms with Gasteiger partial charge in [0.1, 0.15) is 53.9 Å². The minimum Gasteiger partial charge on any atom is -0.494 e. The number of aliphatic hydroxyl groups excluding tert-OH is 1. The summed E-state index contributed by atoms with van der Waals surface area (Å²) in [5.74, 6) is -21.4. The molecule has 0 spiro atoms. The Morgan fingerprint density at radius 1 is 0.547 bits per heavy atom. The third-order valence-electron chi connectivity index (χ3n) is 14.2. The maximum atomic E-state index is 14.2. The summed E-state index contributed by atoms with van der Waals surface area (Å²) < 4.78 is 82.1. The lowest BCUT2D eigenvalue weighted by Gasteiger charge is -2.46. The zero-order chi connectivity index (χ0) is 62.5.